The van der Waals surface area contributed by atoms with E-state index >= 15 is 0 Å². The Morgan fingerprint density at radius 2 is 1.78 bits per heavy atom. The number of rotatable bonds is 3. The lowest BCUT2D eigenvalue weighted by molar-refractivity contribution is -0.118. The van der Waals surface area contributed by atoms with Gasteiger partial charge in [0, 0.05) is 17.0 Å². The summed E-state index contributed by atoms with van der Waals surface area (Å²) in [7, 11) is 1.29. The molecule has 2 aromatic carbocycles. The third-order valence-electron chi connectivity index (χ3n) is 3.15. The molecule has 2 rings (SSSR count). The number of phenolic OH excluding ortho intramolecular Hbond substituents is 1. The average molecular weight is 317 g/mol. The maximum Gasteiger partial charge on any atom is 0.338 e. The van der Waals surface area contributed by atoms with E-state index in [4.69, 9.17) is 0 Å². The first-order valence-electron chi connectivity index (χ1n) is 7.58. The van der Waals surface area contributed by atoms with E-state index in [1.54, 1.807) is 38.1 Å². The van der Waals surface area contributed by atoms with Crippen molar-refractivity contribution >= 4 is 28.3 Å². The van der Waals surface area contributed by atoms with Crippen molar-refractivity contribution in [3.8, 4) is 5.75 Å². The number of ether oxygens (including phenoxy) is 1. The monoisotopic (exact) mass is 317 g/mol. The number of nitrogens with one attached hydrogen (secondary N) is 1. The molecule has 0 aliphatic heterocycles. The Balaban J connectivity index is 0.00000127. The number of anilines is 1. The number of hydrogen-bond acceptors (Lipinski definition) is 4. The number of carbonyl (C=O) groups excluding carboxylic acids is 2. The summed E-state index contributed by atoms with van der Waals surface area (Å²) in [5, 5.41) is 14.1. The van der Waals surface area contributed by atoms with Crippen LogP contribution in [0.5, 0.6) is 5.75 Å². The molecule has 124 valence electrons. The van der Waals surface area contributed by atoms with Crippen molar-refractivity contribution in [1.82, 2.24) is 0 Å². The number of methoxy groups -OCH3 is 1. The quantitative estimate of drug-likeness (QED) is 0.840. The van der Waals surface area contributed by atoms with E-state index in [1.165, 1.54) is 13.2 Å². The van der Waals surface area contributed by atoms with Crippen LogP contribution >= 0.6 is 0 Å². The van der Waals surface area contributed by atoms with Crippen molar-refractivity contribution in [2.45, 2.75) is 27.7 Å². The van der Waals surface area contributed by atoms with Gasteiger partial charge in [-0.2, -0.15) is 0 Å². The van der Waals surface area contributed by atoms with Crippen LogP contribution in [-0.2, 0) is 9.53 Å². The van der Waals surface area contributed by atoms with Crippen molar-refractivity contribution in [3.05, 3.63) is 35.9 Å². The topological polar surface area (TPSA) is 75.6 Å². The molecule has 0 saturated carbocycles. The van der Waals surface area contributed by atoms with E-state index in [9.17, 15) is 14.7 Å². The smallest absolute Gasteiger partial charge is 0.338 e. The normalized spacial score (nSPS) is 10.0. The molecule has 0 unspecified atom stereocenters. The van der Waals surface area contributed by atoms with Gasteiger partial charge in [0.2, 0.25) is 5.91 Å². The Bertz CT molecular complexity index is 707. The summed E-state index contributed by atoms with van der Waals surface area (Å²) in [6.45, 7) is 7.60. The fraction of sp³-hybridized carbons (Fsp3) is 0.333. The van der Waals surface area contributed by atoms with Crippen LogP contribution in [0.15, 0.2) is 30.3 Å². The van der Waals surface area contributed by atoms with Gasteiger partial charge < -0.3 is 15.2 Å². The minimum Gasteiger partial charge on any atom is -0.507 e. The second kappa shape index (κ2) is 8.17. The van der Waals surface area contributed by atoms with Gasteiger partial charge in [0.05, 0.1) is 12.7 Å². The van der Waals surface area contributed by atoms with Crippen LogP contribution in [0.3, 0.4) is 0 Å². The van der Waals surface area contributed by atoms with Gasteiger partial charge in [0.15, 0.2) is 0 Å². The van der Waals surface area contributed by atoms with Crippen LogP contribution in [0.1, 0.15) is 38.1 Å². The molecule has 0 fully saturated rings. The number of fused-ring (bicyclic) bond motifs is 1. The number of benzene rings is 2. The van der Waals surface area contributed by atoms with Gasteiger partial charge in [-0.25, -0.2) is 4.79 Å². The highest BCUT2D eigenvalue weighted by Crippen LogP contribution is 2.29. The molecule has 5 heteroatoms. The number of aromatic hydroxyl groups is 1. The van der Waals surface area contributed by atoms with Gasteiger partial charge >= 0.3 is 5.97 Å². The van der Waals surface area contributed by atoms with Crippen molar-refractivity contribution in [2.75, 3.05) is 12.4 Å². The summed E-state index contributed by atoms with van der Waals surface area (Å²) >= 11 is 0. The Hall–Kier alpha value is -2.56. The molecule has 0 aliphatic carbocycles. The molecule has 0 saturated heterocycles. The summed E-state index contributed by atoms with van der Waals surface area (Å²) in [5.74, 6) is -0.769. The molecule has 1 amide bonds. The van der Waals surface area contributed by atoms with E-state index in [2.05, 4.69) is 10.1 Å². The van der Waals surface area contributed by atoms with Gasteiger partial charge in [-0.15, -0.1) is 0 Å². The molecule has 2 aromatic rings. The molecular weight excluding hydrogens is 294 g/mol. The highest BCUT2D eigenvalue weighted by molar-refractivity contribution is 6.01. The Kier molecular flexibility index (Phi) is 6.57. The number of esters is 1. The SMILES string of the molecule is CC.COC(=O)c1cc(O)c2cc(NC(=O)C(C)C)ccc2c1. The minimum absolute atomic E-state index is 0.0338. The molecule has 0 radical (unpaired) electrons. The van der Waals surface area contributed by atoms with Crippen molar-refractivity contribution in [2.24, 2.45) is 5.92 Å². The maximum atomic E-state index is 11.7. The zero-order chi connectivity index (χ0) is 17.6. The molecule has 0 bridgehead atoms. The first-order valence-corrected chi connectivity index (χ1v) is 7.58. The standard InChI is InChI=1S/C16H17NO4.C2H6/c1-9(2)15(19)17-12-5-4-10-6-11(16(20)21-3)7-14(18)13(10)8-12;1-2/h4-9,18H,1-3H3,(H,17,19);1-2H3. The average Bonchev–Trinajstić information content (AvgIpc) is 2.56. The molecule has 0 aromatic heterocycles. The van der Waals surface area contributed by atoms with Gasteiger partial charge in [0.1, 0.15) is 5.75 Å². The summed E-state index contributed by atoms with van der Waals surface area (Å²) < 4.78 is 4.64. The lowest BCUT2D eigenvalue weighted by Crippen LogP contribution is -2.17. The Morgan fingerprint density at radius 1 is 1.13 bits per heavy atom. The molecule has 5 nitrogen and oxygen atoms in total. The molecule has 0 heterocycles. The third-order valence-corrected chi connectivity index (χ3v) is 3.15. The van der Waals surface area contributed by atoms with Crippen LogP contribution in [0.25, 0.3) is 10.8 Å². The summed E-state index contributed by atoms with van der Waals surface area (Å²) in [5.41, 5.74) is 0.879. The molecule has 0 atom stereocenters. The fourth-order valence-electron chi connectivity index (χ4n) is 1.94. The van der Waals surface area contributed by atoms with Gasteiger partial charge in [-0.1, -0.05) is 33.8 Å². The number of phenols is 1. The Labute approximate surface area is 136 Å². The number of amides is 1. The van der Waals surface area contributed by atoms with Gasteiger partial charge in [-0.3, -0.25) is 4.79 Å². The minimum atomic E-state index is -0.510. The summed E-state index contributed by atoms with van der Waals surface area (Å²) in [4.78, 5) is 23.2. The van der Waals surface area contributed by atoms with E-state index < -0.39 is 5.97 Å². The predicted octanol–water partition coefficient (Wildman–Crippen LogP) is 3.95. The molecular formula is C18H23NO4. The van der Waals surface area contributed by atoms with E-state index in [0.717, 1.165) is 0 Å². The van der Waals surface area contributed by atoms with E-state index in [-0.39, 0.29) is 23.1 Å². The van der Waals surface area contributed by atoms with Gasteiger partial charge in [-0.05, 0) is 29.7 Å². The van der Waals surface area contributed by atoms with Crippen molar-refractivity contribution < 1.29 is 19.4 Å². The third kappa shape index (κ3) is 4.45. The summed E-state index contributed by atoms with van der Waals surface area (Å²) in [6, 6.07) is 8.11. The number of hydrogen-bond donors (Lipinski definition) is 2. The molecule has 2 N–H and O–H groups in total. The van der Waals surface area contributed by atoms with Gasteiger partial charge in [0.25, 0.3) is 0 Å². The first kappa shape index (κ1) is 18.5. The predicted molar refractivity (Wildman–Crippen MR) is 91.8 cm³/mol. The zero-order valence-corrected chi connectivity index (χ0v) is 14.1. The van der Waals surface area contributed by atoms with Crippen LogP contribution < -0.4 is 5.32 Å². The summed E-state index contributed by atoms with van der Waals surface area (Å²) in [6.07, 6.45) is 0. The van der Waals surface area contributed by atoms with Crippen LogP contribution in [0.2, 0.25) is 0 Å². The molecule has 0 spiro atoms. The zero-order valence-electron chi connectivity index (χ0n) is 14.1. The van der Waals surface area contributed by atoms with Crippen LogP contribution in [-0.4, -0.2) is 24.1 Å². The van der Waals surface area contributed by atoms with E-state index in [1.807, 2.05) is 13.8 Å². The lowest BCUT2D eigenvalue weighted by atomic mass is 10.0. The second-order valence-corrected chi connectivity index (χ2v) is 5.07. The highest BCUT2D eigenvalue weighted by Gasteiger charge is 2.12. The number of carbonyl (C=O) groups is 2. The largest absolute Gasteiger partial charge is 0.507 e. The van der Waals surface area contributed by atoms with Crippen molar-refractivity contribution in [3.63, 3.8) is 0 Å². The Morgan fingerprint density at radius 3 is 2.35 bits per heavy atom. The van der Waals surface area contributed by atoms with Crippen LogP contribution in [0, 0.1) is 5.92 Å². The van der Waals surface area contributed by atoms with Crippen LogP contribution in [0.4, 0.5) is 5.69 Å². The first-order chi connectivity index (χ1) is 10.9. The molecule has 23 heavy (non-hydrogen) atoms. The highest BCUT2D eigenvalue weighted by atomic mass is 16.5. The lowest BCUT2D eigenvalue weighted by Gasteiger charge is -2.10. The van der Waals surface area contributed by atoms with Crippen molar-refractivity contribution in [1.29, 1.82) is 0 Å². The molecule has 0 aliphatic rings. The maximum absolute atomic E-state index is 11.7. The fourth-order valence-corrected chi connectivity index (χ4v) is 1.94. The van der Waals surface area contributed by atoms with E-state index in [0.29, 0.717) is 16.5 Å². The second-order valence-electron chi connectivity index (χ2n) is 5.07.